The normalized spacial score (nSPS) is 17.9. The predicted octanol–water partition coefficient (Wildman–Crippen LogP) is 4.37. The molecule has 1 amide bonds. The van der Waals surface area contributed by atoms with Crippen molar-refractivity contribution >= 4 is 42.5 Å². The summed E-state index contributed by atoms with van der Waals surface area (Å²) in [6, 6.07) is 11.7. The molecule has 1 aromatic carbocycles. The molecule has 2 heterocycles. The quantitative estimate of drug-likeness (QED) is 0.615. The van der Waals surface area contributed by atoms with Crippen LogP contribution in [0.4, 0.5) is 0 Å². The molecular weight excluding hydrogens is 429 g/mol. The number of amides is 1. The topological polar surface area (TPSA) is 63.2 Å². The van der Waals surface area contributed by atoms with Crippen LogP contribution in [0.2, 0.25) is 0 Å². The van der Waals surface area contributed by atoms with Gasteiger partial charge in [-0.25, -0.2) is 0 Å². The largest absolute Gasteiger partial charge is 0.494 e. The van der Waals surface area contributed by atoms with Crippen LogP contribution >= 0.6 is 36.6 Å². The van der Waals surface area contributed by atoms with Crippen LogP contribution in [0.15, 0.2) is 48.8 Å². The van der Waals surface area contributed by atoms with Crippen LogP contribution in [0, 0.1) is 5.92 Å². The average Bonchev–Trinajstić information content (AvgIpc) is 3.18. The Balaban J connectivity index is 0.00000210. The first-order valence-corrected chi connectivity index (χ1v) is 10.4. The molecule has 1 fully saturated rings. The Morgan fingerprint density at radius 1 is 1.28 bits per heavy atom. The maximum Gasteiger partial charge on any atom is 0.238 e. The number of carbonyl (C=O) groups excluding carboxylic acids is 1. The van der Waals surface area contributed by atoms with Crippen molar-refractivity contribution in [3.63, 3.8) is 0 Å². The summed E-state index contributed by atoms with van der Waals surface area (Å²) in [7, 11) is 0. The smallest absolute Gasteiger partial charge is 0.238 e. The zero-order valence-electron chi connectivity index (χ0n) is 16.7. The Hall–Kier alpha value is -1.47. The SMILES string of the molecule is CC(C)CCOc1ccc(CNC(=O)C2CSC(c3cccnc3)N2)cc1.Cl.Cl. The number of nitrogens with zero attached hydrogens (tertiary/aromatic N) is 1. The second-order valence-electron chi connectivity index (χ2n) is 7.11. The summed E-state index contributed by atoms with van der Waals surface area (Å²) in [6.45, 7) is 5.62. The minimum atomic E-state index is -0.182. The van der Waals surface area contributed by atoms with Crippen LogP contribution in [0.25, 0.3) is 0 Å². The third kappa shape index (κ3) is 8.05. The van der Waals surface area contributed by atoms with E-state index in [1.165, 1.54) is 0 Å². The van der Waals surface area contributed by atoms with E-state index in [1.807, 2.05) is 42.6 Å². The molecular formula is C21H29Cl2N3O2S. The fourth-order valence-corrected chi connectivity index (χ4v) is 4.00. The summed E-state index contributed by atoms with van der Waals surface area (Å²) in [5.41, 5.74) is 2.17. The van der Waals surface area contributed by atoms with Crippen LogP contribution in [-0.2, 0) is 11.3 Å². The standard InChI is InChI=1S/C21H27N3O2S.2ClH/c1-15(2)9-11-26-18-7-5-16(6-8-18)12-23-20(25)19-14-27-21(24-19)17-4-3-10-22-13-17;;/h3-8,10,13,15,19,21,24H,9,11-12,14H2,1-2H3,(H,23,25);2*1H. The summed E-state index contributed by atoms with van der Waals surface area (Å²) < 4.78 is 5.73. The summed E-state index contributed by atoms with van der Waals surface area (Å²) in [4.78, 5) is 16.6. The first-order chi connectivity index (χ1) is 13.1. The molecule has 160 valence electrons. The highest BCUT2D eigenvalue weighted by atomic mass is 35.5. The highest BCUT2D eigenvalue weighted by Gasteiger charge is 2.30. The lowest BCUT2D eigenvalue weighted by atomic mass is 10.1. The van der Waals surface area contributed by atoms with E-state index in [1.54, 1.807) is 18.0 Å². The number of benzene rings is 1. The number of hydrogen-bond donors (Lipinski definition) is 2. The first-order valence-electron chi connectivity index (χ1n) is 9.39. The maximum absolute atomic E-state index is 12.4. The fourth-order valence-electron chi connectivity index (χ4n) is 2.77. The minimum absolute atomic E-state index is 0. The maximum atomic E-state index is 12.4. The molecule has 1 saturated heterocycles. The molecule has 8 heteroatoms. The van der Waals surface area contributed by atoms with E-state index in [-0.39, 0.29) is 42.1 Å². The Morgan fingerprint density at radius 3 is 2.69 bits per heavy atom. The molecule has 5 nitrogen and oxygen atoms in total. The van der Waals surface area contributed by atoms with Gasteiger partial charge in [-0.2, -0.15) is 0 Å². The molecule has 0 saturated carbocycles. The number of aromatic nitrogens is 1. The highest BCUT2D eigenvalue weighted by Crippen LogP contribution is 2.32. The molecule has 29 heavy (non-hydrogen) atoms. The second kappa shape index (κ2) is 13.0. The summed E-state index contributed by atoms with van der Waals surface area (Å²) in [6.07, 6.45) is 4.65. The second-order valence-corrected chi connectivity index (χ2v) is 8.25. The molecule has 0 aliphatic carbocycles. The lowest BCUT2D eigenvalue weighted by Gasteiger charge is -2.14. The van der Waals surface area contributed by atoms with Crippen LogP contribution in [0.5, 0.6) is 5.75 Å². The Labute approximate surface area is 189 Å². The van der Waals surface area contributed by atoms with Crippen molar-refractivity contribution < 1.29 is 9.53 Å². The van der Waals surface area contributed by atoms with Gasteiger partial charge in [-0.15, -0.1) is 36.6 Å². The van der Waals surface area contributed by atoms with Crippen molar-refractivity contribution in [1.29, 1.82) is 0 Å². The third-order valence-corrected chi connectivity index (χ3v) is 5.71. The molecule has 0 bridgehead atoms. The molecule has 3 rings (SSSR count). The van der Waals surface area contributed by atoms with Crippen LogP contribution in [0.3, 0.4) is 0 Å². The summed E-state index contributed by atoms with van der Waals surface area (Å²) in [5, 5.41) is 6.52. The van der Waals surface area contributed by atoms with Gasteiger partial charge in [-0.05, 0) is 41.7 Å². The van der Waals surface area contributed by atoms with Crippen molar-refractivity contribution in [2.24, 2.45) is 5.92 Å². The first kappa shape index (κ1) is 25.6. The van der Waals surface area contributed by atoms with Gasteiger partial charge in [0.1, 0.15) is 5.75 Å². The van der Waals surface area contributed by atoms with E-state index < -0.39 is 0 Å². The van der Waals surface area contributed by atoms with E-state index in [2.05, 4.69) is 29.5 Å². The van der Waals surface area contributed by atoms with Gasteiger partial charge >= 0.3 is 0 Å². The Bertz CT molecular complexity index is 732. The number of thioether (sulfide) groups is 1. The molecule has 1 aliphatic heterocycles. The van der Waals surface area contributed by atoms with Crippen molar-refractivity contribution in [2.45, 2.75) is 38.2 Å². The number of halogens is 2. The van der Waals surface area contributed by atoms with Crippen LogP contribution in [-0.4, -0.2) is 29.3 Å². The Morgan fingerprint density at radius 2 is 2.03 bits per heavy atom. The lowest BCUT2D eigenvalue weighted by Crippen LogP contribution is -2.42. The van der Waals surface area contributed by atoms with E-state index in [4.69, 9.17) is 4.74 Å². The van der Waals surface area contributed by atoms with Gasteiger partial charge in [0.15, 0.2) is 0 Å². The molecule has 2 atom stereocenters. The number of hydrogen-bond acceptors (Lipinski definition) is 5. The van der Waals surface area contributed by atoms with Crippen molar-refractivity contribution in [1.82, 2.24) is 15.6 Å². The zero-order chi connectivity index (χ0) is 19.1. The molecule has 2 aromatic rings. The van der Waals surface area contributed by atoms with Gasteiger partial charge in [0.2, 0.25) is 5.91 Å². The lowest BCUT2D eigenvalue weighted by molar-refractivity contribution is -0.122. The predicted molar refractivity (Wildman–Crippen MR) is 124 cm³/mol. The van der Waals surface area contributed by atoms with Crippen LogP contribution in [0.1, 0.15) is 36.8 Å². The third-order valence-electron chi connectivity index (χ3n) is 4.44. The van der Waals surface area contributed by atoms with Gasteiger partial charge in [0.05, 0.1) is 18.0 Å². The minimum Gasteiger partial charge on any atom is -0.494 e. The monoisotopic (exact) mass is 457 g/mol. The molecule has 2 unspecified atom stereocenters. The molecule has 2 N–H and O–H groups in total. The number of carbonyl (C=O) groups is 1. The van der Waals surface area contributed by atoms with E-state index in [9.17, 15) is 4.79 Å². The Kier molecular flexibility index (Phi) is 11.4. The van der Waals surface area contributed by atoms with Gasteiger partial charge in [-0.3, -0.25) is 15.1 Å². The van der Waals surface area contributed by atoms with Gasteiger partial charge in [0.25, 0.3) is 0 Å². The van der Waals surface area contributed by atoms with Gasteiger partial charge in [0, 0.05) is 24.7 Å². The molecule has 0 radical (unpaired) electrons. The van der Waals surface area contributed by atoms with E-state index in [0.717, 1.165) is 35.7 Å². The summed E-state index contributed by atoms with van der Waals surface area (Å²) >= 11 is 1.74. The number of nitrogens with one attached hydrogen (secondary N) is 2. The molecule has 1 aliphatic rings. The van der Waals surface area contributed by atoms with E-state index in [0.29, 0.717) is 12.5 Å². The highest BCUT2D eigenvalue weighted by molar-refractivity contribution is 7.99. The van der Waals surface area contributed by atoms with Crippen LogP contribution < -0.4 is 15.4 Å². The van der Waals surface area contributed by atoms with Crippen molar-refractivity contribution in [3.05, 3.63) is 59.9 Å². The average molecular weight is 458 g/mol. The number of rotatable bonds is 8. The van der Waals surface area contributed by atoms with Gasteiger partial charge < -0.3 is 10.1 Å². The zero-order valence-corrected chi connectivity index (χ0v) is 19.1. The molecule has 0 spiro atoms. The number of ether oxygens (including phenoxy) is 1. The van der Waals surface area contributed by atoms with Crippen molar-refractivity contribution in [2.75, 3.05) is 12.4 Å². The number of pyridine rings is 1. The molecule has 1 aromatic heterocycles. The van der Waals surface area contributed by atoms with Gasteiger partial charge in [-0.1, -0.05) is 32.0 Å². The summed E-state index contributed by atoms with van der Waals surface area (Å²) in [5.74, 6) is 2.30. The van der Waals surface area contributed by atoms with Crippen molar-refractivity contribution in [3.8, 4) is 5.75 Å². The fraction of sp³-hybridized carbons (Fsp3) is 0.429. The van der Waals surface area contributed by atoms with E-state index >= 15 is 0 Å².